The molecular formula is C26H22N2O5S. The third kappa shape index (κ3) is 3.47. The number of furan rings is 1. The standard InChI is InChI=1S/C26H22N2O5S/c1-13-10-14(2)21-19(11-13)34-26(27-21)28-22(18-9-8-15(3)33-18)20(24(30)25(28)31)23(29)16-6-5-7-17(12-16)32-4/h5-12,22,29H,1-4H3/t22-/m0/s1. The van der Waals surface area contributed by atoms with Crippen molar-refractivity contribution in [2.24, 2.45) is 0 Å². The molecule has 1 aliphatic rings. The molecule has 0 bridgehead atoms. The number of carbonyl (C=O) groups is 2. The van der Waals surface area contributed by atoms with Gasteiger partial charge in [0.25, 0.3) is 5.78 Å². The molecule has 0 saturated carbocycles. The Morgan fingerprint density at radius 2 is 1.91 bits per heavy atom. The molecule has 4 aromatic rings. The molecule has 1 amide bonds. The van der Waals surface area contributed by atoms with E-state index in [2.05, 4.69) is 0 Å². The van der Waals surface area contributed by atoms with Crippen molar-refractivity contribution < 1.29 is 23.8 Å². The number of Topliss-reactive ketones (excluding diaryl/α,β-unsaturated/α-hetero) is 1. The number of hydrogen-bond donors (Lipinski definition) is 1. The number of aliphatic hydroxyl groups excluding tert-OH is 1. The number of hydrogen-bond acceptors (Lipinski definition) is 7. The molecule has 0 unspecified atom stereocenters. The molecule has 2 aromatic heterocycles. The SMILES string of the molecule is COc1cccc(C(O)=C2C(=O)C(=O)N(c3nc4c(C)cc(C)cc4s3)[C@H]2c2ccc(C)o2)c1. The number of fused-ring (bicyclic) bond motifs is 1. The number of aromatic nitrogens is 1. The van der Waals surface area contributed by atoms with Crippen molar-refractivity contribution in [2.75, 3.05) is 12.0 Å². The number of nitrogens with zero attached hydrogens (tertiary/aromatic N) is 2. The van der Waals surface area contributed by atoms with Crippen LogP contribution in [-0.2, 0) is 9.59 Å². The molecule has 8 heteroatoms. The number of ether oxygens (including phenoxy) is 1. The molecular weight excluding hydrogens is 452 g/mol. The molecule has 1 fully saturated rings. The summed E-state index contributed by atoms with van der Waals surface area (Å²) in [4.78, 5) is 32.6. The Morgan fingerprint density at radius 3 is 2.62 bits per heavy atom. The molecule has 0 spiro atoms. The summed E-state index contributed by atoms with van der Waals surface area (Å²) >= 11 is 1.33. The van der Waals surface area contributed by atoms with E-state index in [1.807, 2.05) is 26.0 Å². The van der Waals surface area contributed by atoms with Crippen molar-refractivity contribution in [3.05, 3.63) is 82.3 Å². The summed E-state index contributed by atoms with van der Waals surface area (Å²) < 4.78 is 12.0. The van der Waals surface area contributed by atoms with E-state index in [4.69, 9.17) is 14.1 Å². The normalized spacial score (nSPS) is 17.6. The number of carbonyl (C=O) groups excluding carboxylic acids is 2. The predicted molar refractivity (Wildman–Crippen MR) is 130 cm³/mol. The lowest BCUT2D eigenvalue weighted by atomic mass is 9.99. The van der Waals surface area contributed by atoms with Crippen molar-refractivity contribution in [2.45, 2.75) is 26.8 Å². The molecule has 0 aliphatic carbocycles. The first-order valence-electron chi connectivity index (χ1n) is 10.7. The Balaban J connectivity index is 1.73. The van der Waals surface area contributed by atoms with E-state index in [1.54, 1.807) is 43.3 Å². The molecule has 0 radical (unpaired) electrons. The number of thiazole rings is 1. The summed E-state index contributed by atoms with van der Waals surface area (Å²) in [6.45, 7) is 5.74. The molecule has 1 aliphatic heterocycles. The van der Waals surface area contributed by atoms with Gasteiger partial charge in [0.15, 0.2) is 5.13 Å². The maximum atomic E-state index is 13.3. The van der Waals surface area contributed by atoms with E-state index < -0.39 is 17.7 Å². The zero-order valence-corrected chi connectivity index (χ0v) is 19.9. The highest BCUT2D eigenvalue weighted by Crippen LogP contribution is 2.45. The minimum atomic E-state index is -0.957. The van der Waals surface area contributed by atoms with Gasteiger partial charge in [-0.25, -0.2) is 4.98 Å². The van der Waals surface area contributed by atoms with E-state index >= 15 is 0 Å². The van der Waals surface area contributed by atoms with Crippen LogP contribution < -0.4 is 9.64 Å². The zero-order valence-electron chi connectivity index (χ0n) is 19.1. The summed E-state index contributed by atoms with van der Waals surface area (Å²) in [6, 6.07) is 13.2. The number of benzene rings is 2. The van der Waals surface area contributed by atoms with E-state index in [0.29, 0.717) is 28.0 Å². The van der Waals surface area contributed by atoms with Gasteiger partial charge in [0.1, 0.15) is 29.1 Å². The molecule has 1 N–H and O–H groups in total. The molecule has 1 saturated heterocycles. The van der Waals surface area contributed by atoms with Crippen LogP contribution in [-0.4, -0.2) is 28.9 Å². The maximum absolute atomic E-state index is 13.3. The van der Waals surface area contributed by atoms with Gasteiger partial charge in [0.2, 0.25) is 0 Å². The van der Waals surface area contributed by atoms with Gasteiger partial charge in [-0.05, 0) is 62.2 Å². The van der Waals surface area contributed by atoms with E-state index in [1.165, 1.54) is 23.3 Å². The number of amides is 1. The van der Waals surface area contributed by atoms with E-state index in [0.717, 1.165) is 21.3 Å². The van der Waals surface area contributed by atoms with Crippen LogP contribution in [0.5, 0.6) is 5.75 Å². The lowest BCUT2D eigenvalue weighted by Crippen LogP contribution is -2.29. The topological polar surface area (TPSA) is 92.9 Å². The fourth-order valence-electron chi connectivity index (χ4n) is 4.29. The first-order chi connectivity index (χ1) is 16.3. The number of aryl methyl sites for hydroxylation is 3. The van der Waals surface area contributed by atoms with Gasteiger partial charge >= 0.3 is 5.91 Å². The molecule has 7 nitrogen and oxygen atoms in total. The lowest BCUT2D eigenvalue weighted by Gasteiger charge is -2.20. The van der Waals surface area contributed by atoms with Crippen LogP contribution in [0.3, 0.4) is 0 Å². The highest BCUT2D eigenvalue weighted by atomic mass is 32.1. The molecule has 3 heterocycles. The highest BCUT2D eigenvalue weighted by Gasteiger charge is 2.49. The Morgan fingerprint density at radius 1 is 1.12 bits per heavy atom. The number of rotatable bonds is 4. The van der Waals surface area contributed by atoms with Crippen LogP contribution in [0.2, 0.25) is 0 Å². The van der Waals surface area contributed by atoms with Crippen molar-refractivity contribution in [3.63, 3.8) is 0 Å². The van der Waals surface area contributed by atoms with Crippen LogP contribution in [0.15, 0.2) is 58.5 Å². The Hall–Kier alpha value is -3.91. The summed E-state index contributed by atoms with van der Waals surface area (Å²) in [6.07, 6.45) is 0. The monoisotopic (exact) mass is 474 g/mol. The summed E-state index contributed by atoms with van der Waals surface area (Å²) in [5.74, 6) is -0.359. The van der Waals surface area contributed by atoms with Crippen LogP contribution in [0.1, 0.15) is 34.3 Å². The third-order valence-corrected chi connectivity index (χ3v) is 6.84. The second-order valence-electron chi connectivity index (χ2n) is 8.27. The molecule has 1 atom stereocenters. The van der Waals surface area contributed by atoms with Gasteiger partial charge in [-0.1, -0.05) is 29.5 Å². The van der Waals surface area contributed by atoms with Gasteiger partial charge in [0, 0.05) is 5.56 Å². The zero-order chi connectivity index (χ0) is 24.1. The number of ketones is 1. The Kier molecular flexibility index (Phi) is 5.25. The minimum absolute atomic E-state index is 0.0558. The van der Waals surface area contributed by atoms with Gasteiger partial charge in [-0.3, -0.25) is 14.5 Å². The average Bonchev–Trinajstić information content (AvgIpc) is 3.50. The predicted octanol–water partition coefficient (Wildman–Crippen LogP) is 5.45. The largest absolute Gasteiger partial charge is 0.507 e. The number of methoxy groups -OCH3 is 1. The quantitative estimate of drug-likeness (QED) is 0.240. The smallest absolute Gasteiger partial charge is 0.302 e. The fraction of sp³-hybridized carbons (Fsp3) is 0.192. The maximum Gasteiger partial charge on any atom is 0.302 e. The van der Waals surface area contributed by atoms with Crippen LogP contribution >= 0.6 is 11.3 Å². The number of aliphatic hydroxyl groups is 1. The van der Waals surface area contributed by atoms with Crippen LogP contribution in [0.4, 0.5) is 5.13 Å². The summed E-state index contributed by atoms with van der Waals surface area (Å²) in [5.41, 5.74) is 3.14. The van der Waals surface area contributed by atoms with Gasteiger partial charge < -0.3 is 14.3 Å². The molecule has 34 heavy (non-hydrogen) atoms. The van der Waals surface area contributed by atoms with Gasteiger partial charge in [-0.2, -0.15) is 0 Å². The highest BCUT2D eigenvalue weighted by molar-refractivity contribution is 7.22. The first kappa shape index (κ1) is 21.9. The Labute approximate surface area is 199 Å². The van der Waals surface area contributed by atoms with Gasteiger partial charge in [0.05, 0.1) is 22.9 Å². The summed E-state index contributed by atoms with van der Waals surface area (Å²) in [7, 11) is 1.51. The second-order valence-corrected chi connectivity index (χ2v) is 9.28. The third-order valence-electron chi connectivity index (χ3n) is 5.84. The van der Waals surface area contributed by atoms with Crippen LogP contribution in [0, 0.1) is 20.8 Å². The minimum Gasteiger partial charge on any atom is -0.507 e. The second kappa shape index (κ2) is 8.14. The van der Waals surface area contributed by atoms with E-state index in [9.17, 15) is 14.7 Å². The van der Waals surface area contributed by atoms with Crippen molar-refractivity contribution in [3.8, 4) is 5.75 Å². The van der Waals surface area contributed by atoms with Crippen molar-refractivity contribution in [1.82, 2.24) is 4.98 Å². The lowest BCUT2D eigenvalue weighted by molar-refractivity contribution is -0.132. The van der Waals surface area contributed by atoms with Crippen molar-refractivity contribution in [1.29, 1.82) is 0 Å². The fourth-order valence-corrected chi connectivity index (χ4v) is 5.46. The average molecular weight is 475 g/mol. The number of anilines is 1. The summed E-state index contributed by atoms with van der Waals surface area (Å²) in [5, 5.41) is 11.6. The van der Waals surface area contributed by atoms with Crippen LogP contribution in [0.25, 0.3) is 16.0 Å². The molecule has 172 valence electrons. The van der Waals surface area contributed by atoms with E-state index in [-0.39, 0.29) is 11.3 Å². The van der Waals surface area contributed by atoms with Crippen molar-refractivity contribution >= 4 is 44.1 Å². The molecule has 5 rings (SSSR count). The van der Waals surface area contributed by atoms with Gasteiger partial charge in [-0.15, -0.1) is 0 Å². The Bertz CT molecular complexity index is 1500. The molecule has 2 aromatic carbocycles. The first-order valence-corrected chi connectivity index (χ1v) is 11.5.